The van der Waals surface area contributed by atoms with Gasteiger partial charge in [-0.1, -0.05) is 0 Å². The van der Waals surface area contributed by atoms with Crippen LogP contribution in [0.4, 0.5) is 5.69 Å². The predicted octanol–water partition coefficient (Wildman–Crippen LogP) is 1.52. The van der Waals surface area contributed by atoms with Gasteiger partial charge in [0.15, 0.2) is 15.6 Å². The number of aromatic hydroxyl groups is 1. The first-order valence-electron chi connectivity index (χ1n) is 8.09. The van der Waals surface area contributed by atoms with Crippen molar-refractivity contribution in [1.82, 2.24) is 9.78 Å². The lowest BCUT2D eigenvalue weighted by Crippen LogP contribution is -2.15. The van der Waals surface area contributed by atoms with Crippen molar-refractivity contribution in [3.63, 3.8) is 0 Å². The number of benzene rings is 1. The highest BCUT2D eigenvalue weighted by atomic mass is 32.2. The molecule has 0 fully saturated rings. The molecule has 1 heterocycles. The SMILES string of the molecule is CCOCCNc1c(S(C)(=O)=O)ccc(C(=O)c2cnn(C)c2O)c1C. The average molecular weight is 381 g/mol. The summed E-state index contributed by atoms with van der Waals surface area (Å²) in [6, 6.07) is 2.85. The fraction of sp³-hybridized carbons (Fsp3) is 0.412. The van der Waals surface area contributed by atoms with Crippen LogP contribution in [0.3, 0.4) is 0 Å². The molecule has 0 spiro atoms. The summed E-state index contributed by atoms with van der Waals surface area (Å²) in [5, 5.41) is 16.9. The van der Waals surface area contributed by atoms with Crippen molar-refractivity contribution in [2.24, 2.45) is 7.05 Å². The molecule has 0 radical (unpaired) electrons. The smallest absolute Gasteiger partial charge is 0.220 e. The van der Waals surface area contributed by atoms with Gasteiger partial charge in [-0.3, -0.25) is 4.79 Å². The van der Waals surface area contributed by atoms with E-state index in [9.17, 15) is 18.3 Å². The third-order valence-corrected chi connectivity index (χ3v) is 5.11. The summed E-state index contributed by atoms with van der Waals surface area (Å²) in [7, 11) is -1.97. The zero-order valence-electron chi connectivity index (χ0n) is 15.2. The van der Waals surface area contributed by atoms with Gasteiger partial charge in [-0.05, 0) is 31.5 Å². The lowest BCUT2D eigenvalue weighted by atomic mass is 9.99. The lowest BCUT2D eigenvalue weighted by molar-refractivity contribution is 0.103. The third-order valence-electron chi connectivity index (χ3n) is 3.98. The number of nitrogens with one attached hydrogen (secondary N) is 1. The molecule has 0 saturated heterocycles. The quantitative estimate of drug-likeness (QED) is 0.527. The maximum Gasteiger partial charge on any atom is 0.220 e. The van der Waals surface area contributed by atoms with Crippen LogP contribution in [0.25, 0.3) is 0 Å². The number of nitrogens with zero attached hydrogens (tertiary/aromatic N) is 2. The van der Waals surface area contributed by atoms with Gasteiger partial charge >= 0.3 is 0 Å². The van der Waals surface area contributed by atoms with E-state index in [1.807, 2.05) is 6.92 Å². The monoisotopic (exact) mass is 381 g/mol. The maximum absolute atomic E-state index is 12.8. The molecule has 1 aromatic carbocycles. The van der Waals surface area contributed by atoms with Crippen molar-refractivity contribution in [3.05, 3.63) is 35.0 Å². The van der Waals surface area contributed by atoms with Crippen molar-refractivity contribution < 1.29 is 23.1 Å². The van der Waals surface area contributed by atoms with Crippen LogP contribution in [0.15, 0.2) is 23.2 Å². The molecule has 0 aliphatic rings. The molecule has 2 rings (SSSR count). The summed E-state index contributed by atoms with van der Waals surface area (Å²) >= 11 is 0. The highest BCUT2D eigenvalue weighted by Crippen LogP contribution is 2.30. The Morgan fingerprint density at radius 3 is 2.58 bits per heavy atom. The van der Waals surface area contributed by atoms with Crippen LogP contribution in [-0.2, 0) is 21.6 Å². The van der Waals surface area contributed by atoms with E-state index in [4.69, 9.17) is 4.74 Å². The highest BCUT2D eigenvalue weighted by molar-refractivity contribution is 7.90. The summed E-state index contributed by atoms with van der Waals surface area (Å²) in [5.41, 5.74) is 1.20. The van der Waals surface area contributed by atoms with E-state index in [-0.39, 0.29) is 16.3 Å². The molecule has 1 aromatic heterocycles. The molecule has 0 atom stereocenters. The first-order chi connectivity index (χ1) is 12.2. The van der Waals surface area contributed by atoms with Gasteiger partial charge in [0.25, 0.3) is 0 Å². The predicted molar refractivity (Wildman–Crippen MR) is 97.6 cm³/mol. The number of carbonyl (C=O) groups excluding carboxylic acids is 1. The molecule has 0 bridgehead atoms. The van der Waals surface area contributed by atoms with Crippen LogP contribution in [0.5, 0.6) is 5.88 Å². The van der Waals surface area contributed by atoms with E-state index in [0.717, 1.165) is 6.26 Å². The maximum atomic E-state index is 12.8. The van der Waals surface area contributed by atoms with Crippen molar-refractivity contribution in [3.8, 4) is 5.88 Å². The number of ketones is 1. The first kappa shape index (κ1) is 19.9. The van der Waals surface area contributed by atoms with Gasteiger partial charge in [0.2, 0.25) is 5.88 Å². The third kappa shape index (κ3) is 4.05. The Morgan fingerprint density at radius 1 is 1.35 bits per heavy atom. The Hall–Kier alpha value is -2.39. The number of aromatic nitrogens is 2. The Bertz CT molecular complexity index is 919. The van der Waals surface area contributed by atoms with Gasteiger partial charge < -0.3 is 15.2 Å². The number of sulfone groups is 1. The number of rotatable bonds is 8. The van der Waals surface area contributed by atoms with E-state index < -0.39 is 15.6 Å². The number of aryl methyl sites for hydroxylation is 1. The molecule has 0 aliphatic carbocycles. The molecular formula is C17H23N3O5S. The Balaban J connectivity index is 2.48. The van der Waals surface area contributed by atoms with Crippen molar-refractivity contribution in [2.75, 3.05) is 31.3 Å². The normalized spacial score (nSPS) is 11.5. The van der Waals surface area contributed by atoms with Crippen molar-refractivity contribution in [1.29, 1.82) is 0 Å². The second-order valence-corrected chi connectivity index (χ2v) is 7.83. The largest absolute Gasteiger partial charge is 0.493 e. The fourth-order valence-electron chi connectivity index (χ4n) is 2.59. The van der Waals surface area contributed by atoms with Crippen LogP contribution in [-0.4, -0.2) is 55.1 Å². The molecule has 26 heavy (non-hydrogen) atoms. The Labute approximate surface area is 152 Å². The van der Waals surface area contributed by atoms with Crippen LogP contribution >= 0.6 is 0 Å². The van der Waals surface area contributed by atoms with Crippen LogP contribution < -0.4 is 5.32 Å². The molecule has 2 N–H and O–H groups in total. The molecule has 0 saturated carbocycles. The lowest BCUT2D eigenvalue weighted by Gasteiger charge is -2.16. The van der Waals surface area contributed by atoms with Crippen LogP contribution in [0.1, 0.15) is 28.4 Å². The summed E-state index contributed by atoms with van der Waals surface area (Å²) in [5.74, 6) is -0.673. The molecule has 142 valence electrons. The summed E-state index contributed by atoms with van der Waals surface area (Å²) < 4.78 is 30.6. The molecule has 2 aromatic rings. The second-order valence-electron chi connectivity index (χ2n) is 5.84. The fourth-order valence-corrected chi connectivity index (χ4v) is 3.50. The molecular weight excluding hydrogens is 358 g/mol. The van der Waals surface area contributed by atoms with Crippen molar-refractivity contribution in [2.45, 2.75) is 18.7 Å². The van der Waals surface area contributed by atoms with Crippen molar-refractivity contribution >= 4 is 21.3 Å². The summed E-state index contributed by atoms with van der Waals surface area (Å²) in [6.07, 6.45) is 2.40. The van der Waals surface area contributed by atoms with Crippen LogP contribution in [0, 0.1) is 6.92 Å². The minimum Gasteiger partial charge on any atom is -0.493 e. The summed E-state index contributed by atoms with van der Waals surface area (Å²) in [6.45, 7) is 4.89. The van der Waals surface area contributed by atoms with Gasteiger partial charge in [0.05, 0.1) is 23.4 Å². The van der Waals surface area contributed by atoms with Gasteiger partial charge in [0.1, 0.15) is 5.56 Å². The zero-order chi connectivity index (χ0) is 19.5. The van der Waals surface area contributed by atoms with Crippen LogP contribution in [0.2, 0.25) is 0 Å². The van der Waals surface area contributed by atoms with E-state index in [2.05, 4.69) is 10.4 Å². The van der Waals surface area contributed by atoms with E-state index in [0.29, 0.717) is 36.6 Å². The number of hydrogen-bond acceptors (Lipinski definition) is 7. The minimum atomic E-state index is -3.49. The van der Waals surface area contributed by atoms with E-state index in [1.54, 1.807) is 6.92 Å². The number of hydrogen-bond donors (Lipinski definition) is 2. The first-order valence-corrected chi connectivity index (χ1v) is 9.98. The topological polar surface area (TPSA) is 111 Å². The zero-order valence-corrected chi connectivity index (χ0v) is 16.1. The van der Waals surface area contributed by atoms with Gasteiger partial charge in [0, 0.05) is 32.0 Å². The standard InChI is InChI=1S/C17H23N3O5S/c1-5-25-9-8-18-15-11(2)12(6-7-14(15)26(4,23)24)16(21)13-10-19-20(3)17(13)22/h6-7,10,18,22H,5,8-9H2,1-4H3. The van der Waals surface area contributed by atoms with Gasteiger partial charge in [-0.2, -0.15) is 5.10 Å². The number of ether oxygens (including phenoxy) is 1. The molecule has 0 amide bonds. The summed E-state index contributed by atoms with van der Waals surface area (Å²) in [4.78, 5) is 12.9. The molecule has 0 unspecified atom stereocenters. The van der Waals surface area contributed by atoms with E-state index in [1.165, 1.54) is 30.1 Å². The Kier molecular flexibility index (Phi) is 6.04. The molecule has 0 aliphatic heterocycles. The molecule has 8 nitrogen and oxygen atoms in total. The second kappa shape index (κ2) is 7.88. The minimum absolute atomic E-state index is 0.0583. The number of carbonyl (C=O) groups is 1. The number of anilines is 1. The average Bonchev–Trinajstić information content (AvgIpc) is 2.90. The van der Waals surface area contributed by atoms with Gasteiger partial charge in [-0.25, -0.2) is 13.1 Å². The highest BCUT2D eigenvalue weighted by Gasteiger charge is 2.23. The Morgan fingerprint density at radius 2 is 2.04 bits per heavy atom. The van der Waals surface area contributed by atoms with E-state index >= 15 is 0 Å². The van der Waals surface area contributed by atoms with Gasteiger partial charge in [-0.15, -0.1) is 0 Å². The molecule has 9 heteroatoms.